The van der Waals surface area contributed by atoms with E-state index in [-0.39, 0.29) is 5.91 Å². The van der Waals surface area contributed by atoms with Gasteiger partial charge in [-0.2, -0.15) is 0 Å². The molecule has 2 aromatic carbocycles. The Morgan fingerprint density at radius 1 is 0.875 bits per heavy atom. The molecular formula is C21H21NO2. The Bertz CT molecular complexity index is 761. The average molecular weight is 319 g/mol. The third-order valence-corrected chi connectivity index (χ3v) is 4.04. The van der Waals surface area contributed by atoms with Crippen molar-refractivity contribution >= 4 is 5.91 Å². The first-order valence-electron chi connectivity index (χ1n) is 8.21. The zero-order valence-corrected chi connectivity index (χ0v) is 13.8. The summed E-state index contributed by atoms with van der Waals surface area (Å²) in [4.78, 5) is 14.7. The summed E-state index contributed by atoms with van der Waals surface area (Å²) in [6.07, 6.45) is 2.65. The molecule has 3 nitrogen and oxygen atoms in total. The topological polar surface area (TPSA) is 33.5 Å². The summed E-state index contributed by atoms with van der Waals surface area (Å²) in [7, 11) is 0. The summed E-state index contributed by atoms with van der Waals surface area (Å²) in [5, 5.41) is 0. The Hall–Kier alpha value is -2.81. The maximum atomic E-state index is 12.9. The van der Waals surface area contributed by atoms with E-state index in [0.29, 0.717) is 18.7 Å². The number of hydrogen-bond acceptors (Lipinski definition) is 2. The van der Waals surface area contributed by atoms with Crippen LogP contribution in [-0.2, 0) is 19.5 Å². The summed E-state index contributed by atoms with van der Waals surface area (Å²) in [5.74, 6) is 0.788. The van der Waals surface area contributed by atoms with Crippen LogP contribution in [0.4, 0.5) is 0 Å². The highest BCUT2D eigenvalue weighted by atomic mass is 16.3. The van der Waals surface area contributed by atoms with Gasteiger partial charge in [0.15, 0.2) is 0 Å². The minimum atomic E-state index is 0.00608. The molecule has 1 heterocycles. The van der Waals surface area contributed by atoms with E-state index in [1.54, 1.807) is 6.26 Å². The highest BCUT2D eigenvalue weighted by Gasteiger charge is 2.17. The Kier molecular flexibility index (Phi) is 5.12. The molecule has 0 radical (unpaired) electrons. The number of nitrogens with zero attached hydrogens (tertiary/aromatic N) is 1. The minimum Gasteiger partial charge on any atom is -0.467 e. The van der Waals surface area contributed by atoms with Gasteiger partial charge in [0.05, 0.1) is 12.8 Å². The molecule has 122 valence electrons. The molecule has 0 aliphatic heterocycles. The van der Waals surface area contributed by atoms with Crippen LogP contribution in [0, 0.1) is 0 Å². The van der Waals surface area contributed by atoms with Gasteiger partial charge in [-0.25, -0.2) is 0 Å². The number of amides is 1. The molecule has 24 heavy (non-hydrogen) atoms. The third-order valence-electron chi connectivity index (χ3n) is 4.04. The summed E-state index contributed by atoms with van der Waals surface area (Å²) in [6, 6.07) is 21.5. The highest BCUT2D eigenvalue weighted by Crippen LogP contribution is 2.15. The van der Waals surface area contributed by atoms with E-state index in [1.165, 1.54) is 5.56 Å². The zero-order valence-electron chi connectivity index (χ0n) is 13.8. The fraction of sp³-hybridized carbons (Fsp3) is 0.190. The molecule has 3 rings (SSSR count). The van der Waals surface area contributed by atoms with Gasteiger partial charge in [0.1, 0.15) is 5.76 Å². The second kappa shape index (κ2) is 7.64. The molecule has 0 atom stereocenters. The number of carbonyl (C=O) groups is 1. The van der Waals surface area contributed by atoms with E-state index in [9.17, 15) is 4.79 Å². The first kappa shape index (κ1) is 16.1. The molecule has 0 fully saturated rings. The van der Waals surface area contributed by atoms with Crippen LogP contribution < -0.4 is 0 Å². The van der Waals surface area contributed by atoms with Crippen molar-refractivity contribution in [1.82, 2.24) is 4.90 Å². The lowest BCUT2D eigenvalue weighted by molar-refractivity contribution is 0.0717. The number of aryl methyl sites for hydroxylation is 1. The van der Waals surface area contributed by atoms with Gasteiger partial charge in [-0.05, 0) is 41.8 Å². The lowest BCUT2D eigenvalue weighted by Crippen LogP contribution is -2.30. The van der Waals surface area contributed by atoms with Crippen molar-refractivity contribution in [2.75, 3.05) is 0 Å². The van der Waals surface area contributed by atoms with Crippen molar-refractivity contribution in [2.24, 2.45) is 0 Å². The Morgan fingerprint density at radius 3 is 2.21 bits per heavy atom. The summed E-state index contributed by atoms with van der Waals surface area (Å²) in [6.45, 7) is 3.14. The molecule has 0 bridgehead atoms. The molecule has 3 heteroatoms. The quantitative estimate of drug-likeness (QED) is 0.660. The number of carbonyl (C=O) groups excluding carboxylic acids is 1. The fourth-order valence-corrected chi connectivity index (χ4v) is 2.65. The van der Waals surface area contributed by atoms with E-state index in [2.05, 4.69) is 31.2 Å². The molecule has 0 unspecified atom stereocenters. The van der Waals surface area contributed by atoms with E-state index >= 15 is 0 Å². The van der Waals surface area contributed by atoms with Gasteiger partial charge < -0.3 is 9.32 Å². The normalized spacial score (nSPS) is 10.5. The molecule has 3 aromatic rings. The van der Waals surface area contributed by atoms with Crippen molar-refractivity contribution in [3.63, 3.8) is 0 Å². The van der Waals surface area contributed by atoms with Crippen molar-refractivity contribution in [3.8, 4) is 0 Å². The van der Waals surface area contributed by atoms with Crippen LogP contribution in [0.2, 0.25) is 0 Å². The maximum Gasteiger partial charge on any atom is 0.254 e. The van der Waals surface area contributed by atoms with Gasteiger partial charge in [-0.3, -0.25) is 4.79 Å². The van der Waals surface area contributed by atoms with Gasteiger partial charge in [-0.1, -0.05) is 49.4 Å². The number of hydrogen-bond donors (Lipinski definition) is 0. The monoisotopic (exact) mass is 319 g/mol. The third kappa shape index (κ3) is 3.93. The zero-order chi connectivity index (χ0) is 16.8. The molecule has 0 N–H and O–H groups in total. The molecule has 0 saturated heterocycles. The molecule has 0 aliphatic carbocycles. The van der Waals surface area contributed by atoms with Gasteiger partial charge in [0, 0.05) is 12.1 Å². The summed E-state index contributed by atoms with van der Waals surface area (Å²) in [5.41, 5.74) is 3.10. The molecule has 0 saturated carbocycles. The standard InChI is InChI=1S/C21H21NO2/c1-2-17-10-12-18(13-11-17)15-22(16-20-9-6-14-24-20)21(23)19-7-4-3-5-8-19/h3-14H,2,15-16H2,1H3. The lowest BCUT2D eigenvalue weighted by atomic mass is 10.1. The number of rotatable bonds is 6. The Morgan fingerprint density at radius 2 is 1.58 bits per heavy atom. The molecular weight excluding hydrogens is 298 g/mol. The number of furan rings is 1. The van der Waals surface area contributed by atoms with Crippen molar-refractivity contribution in [2.45, 2.75) is 26.4 Å². The SMILES string of the molecule is CCc1ccc(CN(Cc2ccco2)C(=O)c2ccccc2)cc1. The van der Waals surface area contributed by atoms with Gasteiger partial charge in [-0.15, -0.1) is 0 Å². The van der Waals surface area contributed by atoms with Crippen LogP contribution >= 0.6 is 0 Å². The number of benzene rings is 2. The maximum absolute atomic E-state index is 12.9. The van der Waals surface area contributed by atoms with E-state index in [4.69, 9.17) is 4.42 Å². The molecule has 1 amide bonds. The second-order valence-electron chi connectivity index (χ2n) is 5.78. The predicted octanol–water partition coefficient (Wildman–Crippen LogP) is 4.68. The lowest BCUT2D eigenvalue weighted by Gasteiger charge is -2.22. The van der Waals surface area contributed by atoms with Gasteiger partial charge in [0.2, 0.25) is 0 Å². The first-order valence-corrected chi connectivity index (χ1v) is 8.21. The first-order chi connectivity index (χ1) is 11.8. The Labute approximate surface area is 142 Å². The van der Waals surface area contributed by atoms with Crippen LogP contribution in [0.3, 0.4) is 0 Å². The molecule has 1 aromatic heterocycles. The van der Waals surface area contributed by atoms with Crippen LogP contribution in [0.15, 0.2) is 77.4 Å². The van der Waals surface area contributed by atoms with Crippen LogP contribution in [0.25, 0.3) is 0 Å². The predicted molar refractivity (Wildman–Crippen MR) is 94.5 cm³/mol. The summed E-state index contributed by atoms with van der Waals surface area (Å²) >= 11 is 0. The van der Waals surface area contributed by atoms with Crippen LogP contribution in [0.5, 0.6) is 0 Å². The van der Waals surface area contributed by atoms with Crippen molar-refractivity contribution < 1.29 is 9.21 Å². The van der Waals surface area contributed by atoms with Crippen molar-refractivity contribution in [1.29, 1.82) is 0 Å². The fourth-order valence-electron chi connectivity index (χ4n) is 2.65. The largest absolute Gasteiger partial charge is 0.467 e. The van der Waals surface area contributed by atoms with E-state index < -0.39 is 0 Å². The minimum absolute atomic E-state index is 0.00608. The molecule has 0 aliphatic rings. The molecule has 0 spiro atoms. The van der Waals surface area contributed by atoms with Crippen molar-refractivity contribution in [3.05, 3.63) is 95.4 Å². The Balaban J connectivity index is 1.82. The second-order valence-corrected chi connectivity index (χ2v) is 5.78. The van der Waals surface area contributed by atoms with Crippen LogP contribution in [-0.4, -0.2) is 10.8 Å². The van der Waals surface area contributed by atoms with E-state index in [0.717, 1.165) is 17.7 Å². The van der Waals surface area contributed by atoms with Gasteiger partial charge >= 0.3 is 0 Å². The average Bonchev–Trinajstić information content (AvgIpc) is 3.15. The van der Waals surface area contributed by atoms with Crippen LogP contribution in [0.1, 0.15) is 34.2 Å². The highest BCUT2D eigenvalue weighted by molar-refractivity contribution is 5.94. The smallest absolute Gasteiger partial charge is 0.254 e. The summed E-state index contributed by atoms with van der Waals surface area (Å²) < 4.78 is 5.43. The van der Waals surface area contributed by atoms with E-state index in [1.807, 2.05) is 47.4 Å². The van der Waals surface area contributed by atoms with Gasteiger partial charge in [0.25, 0.3) is 5.91 Å².